The van der Waals surface area contributed by atoms with Gasteiger partial charge in [0, 0.05) is 14.1 Å². The quantitative estimate of drug-likeness (QED) is 0.719. The largest absolute Gasteiger partial charge is 0.422 e. The normalized spacial score (nSPS) is 10.9. The molecule has 0 N–H and O–H groups in total. The second-order valence-electron chi connectivity index (χ2n) is 4.98. The topological polar surface area (TPSA) is 29.3 Å². The molecule has 20 heavy (non-hydrogen) atoms. The average molecular weight is 331 g/mol. The van der Waals surface area contributed by atoms with Gasteiger partial charge in [-0.05, 0) is 45.6 Å². The number of aromatic nitrogens is 1. The van der Waals surface area contributed by atoms with Gasteiger partial charge in [-0.2, -0.15) is 4.98 Å². The molecule has 102 valence electrons. The molecule has 3 nitrogen and oxygen atoms in total. The first-order chi connectivity index (χ1) is 9.63. The van der Waals surface area contributed by atoms with E-state index >= 15 is 0 Å². The molecule has 0 saturated heterocycles. The van der Waals surface area contributed by atoms with E-state index in [1.807, 2.05) is 25.1 Å². The molecule has 2 aromatic carbocycles. The van der Waals surface area contributed by atoms with Crippen LogP contribution in [0.2, 0.25) is 0 Å². The van der Waals surface area contributed by atoms with Crippen LogP contribution in [0.5, 0.6) is 0 Å². The number of hydrogen-bond donors (Lipinski definition) is 0. The third-order valence-electron chi connectivity index (χ3n) is 3.13. The summed E-state index contributed by atoms with van der Waals surface area (Å²) < 4.78 is 6.68. The molecule has 0 amide bonds. The Balaban J connectivity index is 2.01. The third kappa shape index (κ3) is 2.56. The highest BCUT2D eigenvalue weighted by atomic mass is 79.9. The molecule has 3 rings (SSSR count). The van der Waals surface area contributed by atoms with Gasteiger partial charge in [0.1, 0.15) is 5.52 Å². The van der Waals surface area contributed by atoms with Crippen molar-refractivity contribution < 1.29 is 4.42 Å². The van der Waals surface area contributed by atoms with Crippen molar-refractivity contribution in [2.24, 2.45) is 0 Å². The fourth-order valence-corrected chi connectivity index (χ4v) is 2.74. The van der Waals surface area contributed by atoms with Crippen LogP contribution < -0.4 is 4.90 Å². The van der Waals surface area contributed by atoms with Crippen LogP contribution in [0.25, 0.3) is 11.1 Å². The number of hydrogen-bond acceptors (Lipinski definition) is 3. The zero-order valence-electron chi connectivity index (χ0n) is 11.4. The maximum atomic E-state index is 5.73. The Labute approximate surface area is 126 Å². The van der Waals surface area contributed by atoms with Crippen molar-refractivity contribution in [1.29, 1.82) is 0 Å². The van der Waals surface area contributed by atoms with Crippen LogP contribution in [0.4, 0.5) is 6.01 Å². The first-order valence-electron chi connectivity index (χ1n) is 6.43. The molecular weight excluding hydrogens is 316 g/mol. The van der Waals surface area contributed by atoms with Gasteiger partial charge >= 0.3 is 0 Å². The lowest BCUT2D eigenvalue weighted by molar-refractivity contribution is 0.595. The molecule has 0 aliphatic rings. The smallest absolute Gasteiger partial charge is 0.297 e. The Bertz CT molecular complexity index is 735. The standard InChI is InChI=1S/C16H15BrN2O/c1-19(2)16-18-14-10-12(9-13(17)15(14)20-16)8-11-6-4-3-5-7-11/h3-7,9-10H,8H2,1-2H3. The van der Waals surface area contributed by atoms with Crippen molar-refractivity contribution in [2.45, 2.75) is 6.42 Å². The maximum Gasteiger partial charge on any atom is 0.297 e. The molecule has 0 radical (unpaired) electrons. The van der Waals surface area contributed by atoms with Crippen molar-refractivity contribution in [2.75, 3.05) is 19.0 Å². The van der Waals surface area contributed by atoms with Crippen molar-refractivity contribution in [1.82, 2.24) is 4.98 Å². The SMILES string of the molecule is CN(C)c1nc2cc(Cc3ccccc3)cc(Br)c2o1. The first-order valence-corrected chi connectivity index (χ1v) is 7.23. The molecule has 0 unspecified atom stereocenters. The highest BCUT2D eigenvalue weighted by Gasteiger charge is 2.12. The summed E-state index contributed by atoms with van der Waals surface area (Å²) in [6.07, 6.45) is 0.888. The van der Waals surface area contributed by atoms with Crippen LogP contribution in [0.15, 0.2) is 51.4 Å². The lowest BCUT2D eigenvalue weighted by atomic mass is 10.0. The molecule has 0 aliphatic carbocycles. The number of oxazole rings is 1. The predicted molar refractivity (Wildman–Crippen MR) is 85.3 cm³/mol. The minimum atomic E-state index is 0.623. The number of rotatable bonds is 3. The molecule has 1 heterocycles. The van der Waals surface area contributed by atoms with E-state index in [-0.39, 0.29) is 0 Å². The minimum Gasteiger partial charge on any atom is -0.422 e. The molecule has 0 spiro atoms. The summed E-state index contributed by atoms with van der Waals surface area (Å²) in [4.78, 5) is 6.37. The number of fused-ring (bicyclic) bond motifs is 1. The molecule has 0 fully saturated rings. The van der Waals surface area contributed by atoms with E-state index in [0.29, 0.717) is 6.01 Å². The zero-order valence-corrected chi connectivity index (χ0v) is 13.0. The van der Waals surface area contributed by atoms with Crippen LogP contribution in [0.3, 0.4) is 0 Å². The van der Waals surface area contributed by atoms with E-state index in [9.17, 15) is 0 Å². The molecule has 0 bridgehead atoms. The van der Waals surface area contributed by atoms with Gasteiger partial charge in [-0.15, -0.1) is 0 Å². The minimum absolute atomic E-state index is 0.623. The van der Waals surface area contributed by atoms with E-state index in [1.54, 1.807) is 0 Å². The van der Waals surface area contributed by atoms with Gasteiger partial charge in [0.2, 0.25) is 0 Å². The van der Waals surface area contributed by atoms with Gasteiger partial charge in [0.05, 0.1) is 4.47 Å². The van der Waals surface area contributed by atoms with Gasteiger partial charge in [0.25, 0.3) is 6.01 Å². The lowest BCUT2D eigenvalue weighted by Crippen LogP contribution is -2.08. The Morgan fingerprint density at radius 2 is 1.85 bits per heavy atom. The van der Waals surface area contributed by atoms with Crippen LogP contribution >= 0.6 is 15.9 Å². The number of benzene rings is 2. The van der Waals surface area contributed by atoms with Crippen molar-refractivity contribution in [3.05, 3.63) is 58.1 Å². The van der Waals surface area contributed by atoms with Crippen LogP contribution in [0, 0.1) is 0 Å². The molecule has 0 saturated carbocycles. The van der Waals surface area contributed by atoms with Crippen molar-refractivity contribution in [3.8, 4) is 0 Å². The average Bonchev–Trinajstić information content (AvgIpc) is 2.84. The summed E-state index contributed by atoms with van der Waals surface area (Å²) in [6.45, 7) is 0. The number of anilines is 1. The second-order valence-corrected chi connectivity index (χ2v) is 5.83. The highest BCUT2D eigenvalue weighted by molar-refractivity contribution is 9.10. The second kappa shape index (κ2) is 5.29. The summed E-state index contributed by atoms with van der Waals surface area (Å²) in [6, 6.07) is 15.2. The van der Waals surface area contributed by atoms with Gasteiger partial charge in [-0.25, -0.2) is 0 Å². The first kappa shape index (κ1) is 13.2. The van der Waals surface area contributed by atoms with Gasteiger partial charge in [-0.3, -0.25) is 0 Å². The molecule has 3 aromatic rings. The zero-order chi connectivity index (χ0) is 14.1. The third-order valence-corrected chi connectivity index (χ3v) is 3.72. The van der Waals surface area contributed by atoms with Gasteiger partial charge in [-0.1, -0.05) is 30.3 Å². The van der Waals surface area contributed by atoms with E-state index in [1.165, 1.54) is 11.1 Å². The van der Waals surface area contributed by atoms with E-state index in [0.717, 1.165) is 22.0 Å². The number of nitrogens with zero attached hydrogens (tertiary/aromatic N) is 2. The highest BCUT2D eigenvalue weighted by Crippen LogP contribution is 2.30. The van der Waals surface area contributed by atoms with Crippen LogP contribution in [-0.4, -0.2) is 19.1 Å². The maximum absolute atomic E-state index is 5.73. The van der Waals surface area contributed by atoms with Gasteiger partial charge in [0.15, 0.2) is 5.58 Å². The molecule has 1 aromatic heterocycles. The van der Waals surface area contributed by atoms with Crippen molar-refractivity contribution in [3.63, 3.8) is 0 Å². The summed E-state index contributed by atoms with van der Waals surface area (Å²) >= 11 is 3.57. The summed E-state index contributed by atoms with van der Waals surface area (Å²) in [7, 11) is 3.84. The Morgan fingerprint density at radius 1 is 1.10 bits per heavy atom. The molecule has 0 atom stereocenters. The Kier molecular flexibility index (Phi) is 3.49. The fraction of sp³-hybridized carbons (Fsp3) is 0.188. The number of halogens is 1. The van der Waals surface area contributed by atoms with E-state index in [2.05, 4.69) is 57.3 Å². The predicted octanol–water partition coefficient (Wildman–Crippen LogP) is 4.25. The Hall–Kier alpha value is -1.81. The summed E-state index contributed by atoms with van der Waals surface area (Å²) in [5, 5.41) is 0. The lowest BCUT2D eigenvalue weighted by Gasteiger charge is -2.03. The summed E-state index contributed by atoms with van der Waals surface area (Å²) in [5.41, 5.74) is 4.18. The molecule has 4 heteroatoms. The Morgan fingerprint density at radius 3 is 2.55 bits per heavy atom. The van der Waals surface area contributed by atoms with E-state index < -0.39 is 0 Å². The fourth-order valence-electron chi connectivity index (χ4n) is 2.16. The monoisotopic (exact) mass is 330 g/mol. The van der Waals surface area contributed by atoms with Crippen molar-refractivity contribution >= 4 is 33.0 Å². The summed E-state index contributed by atoms with van der Waals surface area (Å²) in [5.74, 6) is 0. The van der Waals surface area contributed by atoms with Crippen LogP contribution in [-0.2, 0) is 6.42 Å². The van der Waals surface area contributed by atoms with Gasteiger partial charge < -0.3 is 9.32 Å². The molecule has 0 aliphatic heterocycles. The van der Waals surface area contributed by atoms with E-state index in [4.69, 9.17) is 4.42 Å². The van der Waals surface area contributed by atoms with Crippen LogP contribution in [0.1, 0.15) is 11.1 Å². The molecular formula is C16H15BrN2O.